The summed E-state index contributed by atoms with van der Waals surface area (Å²) in [7, 11) is 0. The number of rotatable bonds is 1. The second-order valence-corrected chi connectivity index (χ2v) is 5.13. The molecule has 1 N–H and O–H groups in total. The topological polar surface area (TPSA) is 50.7 Å². The van der Waals surface area contributed by atoms with Gasteiger partial charge in [-0.3, -0.25) is 4.79 Å². The Morgan fingerprint density at radius 3 is 2.94 bits per heavy atom. The number of aromatic amines is 1. The first-order chi connectivity index (χ1) is 7.75. The molecule has 2 heterocycles. The zero-order valence-electron chi connectivity index (χ0n) is 8.74. The Hall–Kier alpha value is -1.10. The smallest absolute Gasteiger partial charge is 0.263 e. The van der Waals surface area contributed by atoms with E-state index in [9.17, 15) is 4.79 Å². The van der Waals surface area contributed by atoms with Crippen LogP contribution >= 0.6 is 15.9 Å². The Balaban J connectivity index is 2.19. The highest BCUT2D eigenvalue weighted by Crippen LogP contribution is 2.30. The molecule has 4 nitrogen and oxygen atoms in total. The predicted octanol–water partition coefficient (Wildman–Crippen LogP) is 2.60. The molecule has 2 aromatic rings. The minimum atomic E-state index is -0.0905. The van der Waals surface area contributed by atoms with Gasteiger partial charge in [0.1, 0.15) is 5.65 Å². The van der Waals surface area contributed by atoms with Gasteiger partial charge in [-0.25, -0.2) is 4.68 Å². The molecule has 0 radical (unpaired) electrons. The van der Waals surface area contributed by atoms with Gasteiger partial charge in [0, 0.05) is 5.39 Å². The Morgan fingerprint density at radius 2 is 2.19 bits per heavy atom. The molecule has 2 aromatic heterocycles. The molecule has 0 spiro atoms. The monoisotopic (exact) mass is 281 g/mol. The summed E-state index contributed by atoms with van der Waals surface area (Å²) >= 11 is 3.23. The minimum Gasteiger partial charge on any atom is -0.306 e. The molecule has 1 aliphatic carbocycles. The number of nitrogens with zero attached hydrogens (tertiary/aromatic N) is 2. The largest absolute Gasteiger partial charge is 0.306 e. The molecule has 1 aliphatic rings. The van der Waals surface area contributed by atoms with E-state index in [4.69, 9.17) is 0 Å². The van der Waals surface area contributed by atoms with Crippen molar-refractivity contribution < 1.29 is 0 Å². The average Bonchev–Trinajstić information content (AvgIpc) is 2.87. The summed E-state index contributed by atoms with van der Waals surface area (Å²) in [6, 6.07) is 2.28. The Morgan fingerprint density at radius 1 is 1.44 bits per heavy atom. The van der Waals surface area contributed by atoms with Crippen molar-refractivity contribution in [3.8, 4) is 0 Å². The third-order valence-corrected chi connectivity index (χ3v) is 3.81. The molecule has 1 fully saturated rings. The van der Waals surface area contributed by atoms with Crippen molar-refractivity contribution in [1.29, 1.82) is 0 Å². The van der Waals surface area contributed by atoms with Crippen molar-refractivity contribution >= 4 is 27.0 Å². The third-order valence-electron chi connectivity index (χ3n) is 3.23. The number of halogens is 1. The highest BCUT2D eigenvalue weighted by atomic mass is 79.9. The third kappa shape index (κ3) is 1.50. The van der Waals surface area contributed by atoms with Crippen molar-refractivity contribution in [3.05, 3.63) is 27.1 Å². The van der Waals surface area contributed by atoms with Crippen LogP contribution in [0.25, 0.3) is 11.0 Å². The lowest BCUT2D eigenvalue weighted by Gasteiger charge is -2.10. The fourth-order valence-electron chi connectivity index (χ4n) is 2.41. The first kappa shape index (κ1) is 10.1. The summed E-state index contributed by atoms with van der Waals surface area (Å²) in [6.07, 6.45) is 6.65. The van der Waals surface area contributed by atoms with Crippen molar-refractivity contribution in [1.82, 2.24) is 14.8 Å². The van der Waals surface area contributed by atoms with E-state index < -0.39 is 0 Å². The maximum atomic E-state index is 11.6. The summed E-state index contributed by atoms with van der Waals surface area (Å²) in [5.41, 5.74) is 0.757. The fraction of sp³-hybridized carbons (Fsp3) is 0.455. The number of hydrogen-bond donors (Lipinski definition) is 1. The van der Waals surface area contributed by atoms with Gasteiger partial charge in [-0.05, 0) is 34.8 Å². The molecular formula is C11H12BrN3O. The molecule has 5 heteroatoms. The van der Waals surface area contributed by atoms with Gasteiger partial charge in [-0.1, -0.05) is 12.8 Å². The molecule has 0 atom stereocenters. The van der Waals surface area contributed by atoms with Crippen molar-refractivity contribution in [3.63, 3.8) is 0 Å². The van der Waals surface area contributed by atoms with Gasteiger partial charge in [-0.2, -0.15) is 5.10 Å². The van der Waals surface area contributed by atoms with Gasteiger partial charge >= 0.3 is 0 Å². The molecule has 0 amide bonds. The van der Waals surface area contributed by atoms with E-state index >= 15 is 0 Å². The van der Waals surface area contributed by atoms with Crippen LogP contribution in [0.2, 0.25) is 0 Å². The normalized spacial score (nSPS) is 17.3. The van der Waals surface area contributed by atoms with E-state index in [-0.39, 0.29) is 5.56 Å². The van der Waals surface area contributed by atoms with E-state index in [1.807, 2.05) is 16.9 Å². The summed E-state index contributed by atoms with van der Waals surface area (Å²) in [5, 5.41) is 5.37. The molecule has 84 valence electrons. The van der Waals surface area contributed by atoms with E-state index in [1.54, 1.807) is 0 Å². The highest BCUT2D eigenvalue weighted by Gasteiger charge is 2.19. The van der Waals surface area contributed by atoms with Crippen LogP contribution in [0.5, 0.6) is 0 Å². The van der Waals surface area contributed by atoms with Gasteiger partial charge in [0.15, 0.2) is 0 Å². The molecule has 0 bridgehead atoms. The molecular weight excluding hydrogens is 270 g/mol. The van der Waals surface area contributed by atoms with Crippen molar-refractivity contribution in [2.75, 3.05) is 0 Å². The lowest BCUT2D eigenvalue weighted by atomic mass is 10.2. The van der Waals surface area contributed by atoms with Crippen LogP contribution in [-0.4, -0.2) is 14.8 Å². The molecule has 0 unspecified atom stereocenters. The van der Waals surface area contributed by atoms with Crippen LogP contribution in [-0.2, 0) is 0 Å². The minimum absolute atomic E-state index is 0.0905. The van der Waals surface area contributed by atoms with Crippen molar-refractivity contribution in [2.45, 2.75) is 31.7 Å². The van der Waals surface area contributed by atoms with Gasteiger partial charge in [0.05, 0.1) is 16.7 Å². The number of aromatic nitrogens is 3. The van der Waals surface area contributed by atoms with Crippen LogP contribution < -0.4 is 5.56 Å². The van der Waals surface area contributed by atoms with Gasteiger partial charge in [0.25, 0.3) is 5.56 Å². The maximum Gasteiger partial charge on any atom is 0.263 e. The lowest BCUT2D eigenvalue weighted by Crippen LogP contribution is -2.12. The van der Waals surface area contributed by atoms with Crippen LogP contribution in [0.1, 0.15) is 31.7 Å². The molecule has 0 aromatic carbocycles. The van der Waals surface area contributed by atoms with Crippen LogP contribution in [0, 0.1) is 0 Å². The Bertz CT molecular complexity index is 580. The van der Waals surface area contributed by atoms with Crippen LogP contribution in [0.4, 0.5) is 0 Å². The number of fused-ring (bicyclic) bond motifs is 1. The number of nitrogens with one attached hydrogen (secondary N) is 1. The van der Waals surface area contributed by atoms with Gasteiger partial charge < -0.3 is 4.98 Å². The zero-order valence-corrected chi connectivity index (χ0v) is 10.3. The predicted molar refractivity (Wildman–Crippen MR) is 65.6 cm³/mol. The van der Waals surface area contributed by atoms with Crippen LogP contribution in [0.15, 0.2) is 21.5 Å². The van der Waals surface area contributed by atoms with Gasteiger partial charge in [0.2, 0.25) is 0 Å². The highest BCUT2D eigenvalue weighted by molar-refractivity contribution is 9.10. The number of pyridine rings is 1. The van der Waals surface area contributed by atoms with Crippen molar-refractivity contribution in [2.24, 2.45) is 0 Å². The molecule has 16 heavy (non-hydrogen) atoms. The fourth-order valence-corrected chi connectivity index (χ4v) is 2.75. The lowest BCUT2D eigenvalue weighted by molar-refractivity contribution is 0.478. The van der Waals surface area contributed by atoms with E-state index in [1.165, 1.54) is 12.8 Å². The Kier molecular flexibility index (Phi) is 2.35. The summed E-state index contributed by atoms with van der Waals surface area (Å²) in [4.78, 5) is 14.4. The summed E-state index contributed by atoms with van der Waals surface area (Å²) < 4.78 is 2.53. The molecule has 1 saturated carbocycles. The van der Waals surface area contributed by atoms with E-state index in [0.717, 1.165) is 23.9 Å². The maximum absolute atomic E-state index is 11.6. The Labute approximate surface area is 101 Å². The van der Waals surface area contributed by atoms with Crippen LogP contribution in [0.3, 0.4) is 0 Å². The molecule has 3 rings (SSSR count). The average molecular weight is 282 g/mol. The number of hydrogen-bond acceptors (Lipinski definition) is 2. The zero-order chi connectivity index (χ0) is 11.1. The summed E-state index contributed by atoms with van der Waals surface area (Å²) in [6.45, 7) is 0. The molecule has 0 saturated heterocycles. The quantitative estimate of drug-likeness (QED) is 0.874. The van der Waals surface area contributed by atoms with E-state index in [2.05, 4.69) is 26.0 Å². The second-order valence-electron chi connectivity index (χ2n) is 4.28. The summed E-state index contributed by atoms with van der Waals surface area (Å²) in [5.74, 6) is 0. The number of H-pyrrole nitrogens is 1. The molecule has 0 aliphatic heterocycles. The first-order valence-corrected chi connectivity index (χ1v) is 6.31. The standard InChI is InChI=1S/C11H12BrN3O/c12-9-5-7-6-13-15(8-3-1-2-4-8)10(7)14-11(9)16/h5-6,8H,1-4H2,(H,14,16). The SMILES string of the molecule is O=c1[nH]c2c(cnn2C2CCCC2)cc1Br. The second kappa shape index (κ2) is 3.73. The first-order valence-electron chi connectivity index (χ1n) is 5.52. The van der Waals surface area contributed by atoms with Gasteiger partial charge in [-0.15, -0.1) is 0 Å². The van der Waals surface area contributed by atoms with E-state index in [0.29, 0.717) is 10.5 Å².